The van der Waals surface area contributed by atoms with Gasteiger partial charge < -0.3 is 10.1 Å². The average molecular weight is 249 g/mol. The Labute approximate surface area is 112 Å². The van der Waals surface area contributed by atoms with Gasteiger partial charge in [0.1, 0.15) is 0 Å². The molecule has 18 heavy (non-hydrogen) atoms. The first kappa shape index (κ1) is 15.2. The fourth-order valence-corrected chi connectivity index (χ4v) is 1.72. The number of nitrogens with one attached hydrogen (secondary N) is 1. The summed E-state index contributed by atoms with van der Waals surface area (Å²) in [5.41, 5.74) is 2.55. The maximum absolute atomic E-state index is 6.18. The van der Waals surface area contributed by atoms with Crippen LogP contribution < -0.4 is 5.32 Å². The molecule has 0 heterocycles. The van der Waals surface area contributed by atoms with Crippen molar-refractivity contribution in [2.45, 2.75) is 46.8 Å². The Hall–Kier alpha value is -0.860. The molecule has 2 heteroatoms. The van der Waals surface area contributed by atoms with Gasteiger partial charge in [0.05, 0.1) is 12.2 Å². The normalized spacial score (nSPS) is 14.8. The zero-order valence-electron chi connectivity index (χ0n) is 12.4. The number of hydrogen-bond acceptors (Lipinski definition) is 2. The molecule has 2 unspecified atom stereocenters. The topological polar surface area (TPSA) is 21.3 Å². The van der Waals surface area contributed by atoms with Crippen LogP contribution in [0.3, 0.4) is 0 Å². The Morgan fingerprint density at radius 3 is 2.22 bits per heavy atom. The van der Waals surface area contributed by atoms with Gasteiger partial charge in [0.2, 0.25) is 0 Å². The van der Waals surface area contributed by atoms with Crippen molar-refractivity contribution in [2.24, 2.45) is 5.92 Å². The van der Waals surface area contributed by atoms with Crippen molar-refractivity contribution < 1.29 is 4.74 Å². The number of hydrogen-bond donors (Lipinski definition) is 1. The Morgan fingerprint density at radius 2 is 1.72 bits per heavy atom. The van der Waals surface area contributed by atoms with E-state index in [9.17, 15) is 0 Å². The van der Waals surface area contributed by atoms with Crippen molar-refractivity contribution in [3.05, 3.63) is 35.4 Å². The summed E-state index contributed by atoms with van der Waals surface area (Å²) in [4.78, 5) is 0. The number of rotatable bonds is 7. The van der Waals surface area contributed by atoms with E-state index in [0.717, 1.165) is 13.1 Å². The van der Waals surface area contributed by atoms with Gasteiger partial charge >= 0.3 is 0 Å². The summed E-state index contributed by atoms with van der Waals surface area (Å²) in [6.07, 6.45) is 0.415. The highest BCUT2D eigenvalue weighted by Crippen LogP contribution is 2.21. The second-order valence-corrected chi connectivity index (χ2v) is 5.29. The Balaban J connectivity index is 2.73. The van der Waals surface area contributed by atoms with Crippen LogP contribution >= 0.6 is 0 Å². The van der Waals surface area contributed by atoms with Crippen molar-refractivity contribution >= 4 is 0 Å². The van der Waals surface area contributed by atoms with E-state index in [1.54, 1.807) is 0 Å². The predicted octanol–water partition coefficient (Wildman–Crippen LogP) is 3.71. The summed E-state index contributed by atoms with van der Waals surface area (Å²) >= 11 is 0. The van der Waals surface area contributed by atoms with Crippen molar-refractivity contribution in [1.29, 1.82) is 0 Å². The Morgan fingerprint density at radius 1 is 1.11 bits per heavy atom. The van der Waals surface area contributed by atoms with E-state index in [-0.39, 0.29) is 12.2 Å². The lowest BCUT2D eigenvalue weighted by atomic mass is 10.1. The van der Waals surface area contributed by atoms with Crippen LogP contribution in [0.1, 0.15) is 44.9 Å². The number of ether oxygens (including phenoxy) is 1. The van der Waals surface area contributed by atoms with Crippen molar-refractivity contribution in [1.82, 2.24) is 5.32 Å². The molecule has 0 spiro atoms. The molecular weight excluding hydrogens is 222 g/mol. The van der Waals surface area contributed by atoms with Gasteiger partial charge in [-0.05, 0) is 31.9 Å². The highest BCUT2D eigenvalue weighted by molar-refractivity contribution is 5.23. The van der Waals surface area contributed by atoms with E-state index in [0.29, 0.717) is 5.92 Å². The molecule has 0 aliphatic rings. The molecule has 0 saturated carbocycles. The molecule has 0 bridgehead atoms. The average Bonchev–Trinajstić information content (AvgIpc) is 2.35. The lowest BCUT2D eigenvalue weighted by molar-refractivity contribution is -0.0257. The molecule has 1 aromatic rings. The SMILES string of the molecule is CCNCC(OC(C)C(C)C)c1ccc(C)cc1. The number of aryl methyl sites for hydroxylation is 1. The molecule has 0 fully saturated rings. The summed E-state index contributed by atoms with van der Waals surface area (Å²) in [6.45, 7) is 12.6. The minimum absolute atomic E-state index is 0.142. The smallest absolute Gasteiger partial charge is 0.0952 e. The third kappa shape index (κ3) is 4.79. The van der Waals surface area contributed by atoms with E-state index < -0.39 is 0 Å². The van der Waals surface area contributed by atoms with Gasteiger partial charge in [0, 0.05) is 6.54 Å². The van der Waals surface area contributed by atoms with Gasteiger partial charge in [0.15, 0.2) is 0 Å². The fraction of sp³-hybridized carbons (Fsp3) is 0.625. The van der Waals surface area contributed by atoms with Crippen LogP contribution in [0, 0.1) is 12.8 Å². The summed E-state index contributed by atoms with van der Waals surface area (Å²) in [5, 5.41) is 3.38. The van der Waals surface area contributed by atoms with E-state index in [4.69, 9.17) is 4.74 Å². The Bertz CT molecular complexity index is 331. The predicted molar refractivity (Wildman–Crippen MR) is 77.8 cm³/mol. The molecule has 0 aromatic heterocycles. The first-order chi connectivity index (χ1) is 8.54. The van der Waals surface area contributed by atoms with E-state index >= 15 is 0 Å². The molecule has 1 aromatic carbocycles. The summed E-state index contributed by atoms with van der Waals surface area (Å²) in [5.74, 6) is 0.541. The largest absolute Gasteiger partial charge is 0.369 e. The van der Waals surface area contributed by atoms with Gasteiger partial charge in [-0.15, -0.1) is 0 Å². The molecule has 1 N–H and O–H groups in total. The van der Waals surface area contributed by atoms with E-state index in [1.807, 2.05) is 0 Å². The third-order valence-corrected chi connectivity index (χ3v) is 3.35. The number of benzene rings is 1. The zero-order valence-corrected chi connectivity index (χ0v) is 12.4. The third-order valence-electron chi connectivity index (χ3n) is 3.35. The maximum Gasteiger partial charge on any atom is 0.0952 e. The molecule has 102 valence electrons. The minimum Gasteiger partial charge on any atom is -0.369 e. The summed E-state index contributed by atoms with van der Waals surface area (Å²) in [7, 11) is 0. The van der Waals surface area contributed by atoms with Gasteiger partial charge in [-0.1, -0.05) is 50.6 Å². The first-order valence-corrected chi connectivity index (χ1v) is 6.97. The molecular formula is C16H27NO. The van der Waals surface area contributed by atoms with Crippen LogP contribution in [-0.2, 0) is 4.74 Å². The molecule has 0 radical (unpaired) electrons. The van der Waals surface area contributed by atoms with Gasteiger partial charge in [-0.3, -0.25) is 0 Å². The van der Waals surface area contributed by atoms with Crippen LogP contribution in [0.5, 0.6) is 0 Å². The second kappa shape index (κ2) is 7.55. The Kier molecular flexibility index (Phi) is 6.37. The van der Waals surface area contributed by atoms with Crippen molar-refractivity contribution in [3.8, 4) is 0 Å². The van der Waals surface area contributed by atoms with Crippen LogP contribution in [0.25, 0.3) is 0 Å². The van der Waals surface area contributed by atoms with Crippen molar-refractivity contribution in [3.63, 3.8) is 0 Å². The lowest BCUT2D eigenvalue weighted by Gasteiger charge is -2.25. The quantitative estimate of drug-likeness (QED) is 0.795. The summed E-state index contributed by atoms with van der Waals surface area (Å²) in [6, 6.07) is 8.64. The number of likely N-dealkylation sites (N-methyl/N-ethyl adjacent to an activating group) is 1. The zero-order chi connectivity index (χ0) is 13.5. The summed E-state index contributed by atoms with van der Waals surface area (Å²) < 4.78 is 6.18. The molecule has 0 saturated heterocycles. The van der Waals surface area contributed by atoms with E-state index in [2.05, 4.69) is 64.2 Å². The van der Waals surface area contributed by atoms with Crippen LogP contribution in [0.2, 0.25) is 0 Å². The highest BCUT2D eigenvalue weighted by Gasteiger charge is 2.17. The second-order valence-electron chi connectivity index (χ2n) is 5.29. The van der Waals surface area contributed by atoms with Gasteiger partial charge in [0.25, 0.3) is 0 Å². The molecule has 2 atom stereocenters. The molecule has 1 rings (SSSR count). The maximum atomic E-state index is 6.18. The first-order valence-electron chi connectivity index (χ1n) is 6.97. The standard InChI is InChI=1S/C16H27NO/c1-6-17-11-16(18-14(5)12(2)3)15-9-7-13(4)8-10-15/h7-10,12,14,16-17H,6,11H2,1-5H3. The van der Waals surface area contributed by atoms with Crippen LogP contribution in [0.15, 0.2) is 24.3 Å². The van der Waals surface area contributed by atoms with E-state index in [1.165, 1.54) is 11.1 Å². The monoisotopic (exact) mass is 249 g/mol. The van der Waals surface area contributed by atoms with Crippen LogP contribution in [0.4, 0.5) is 0 Å². The fourth-order valence-electron chi connectivity index (χ4n) is 1.72. The molecule has 0 aliphatic carbocycles. The molecule has 0 amide bonds. The minimum atomic E-state index is 0.142. The van der Waals surface area contributed by atoms with Crippen molar-refractivity contribution in [2.75, 3.05) is 13.1 Å². The highest BCUT2D eigenvalue weighted by atomic mass is 16.5. The molecule has 2 nitrogen and oxygen atoms in total. The van der Waals surface area contributed by atoms with Gasteiger partial charge in [-0.2, -0.15) is 0 Å². The molecule has 0 aliphatic heterocycles. The van der Waals surface area contributed by atoms with Crippen LogP contribution in [-0.4, -0.2) is 19.2 Å². The lowest BCUT2D eigenvalue weighted by Crippen LogP contribution is -2.27. The van der Waals surface area contributed by atoms with Gasteiger partial charge in [-0.25, -0.2) is 0 Å².